The largest absolute Gasteiger partial charge is 0.473 e. The zero-order valence-corrected chi connectivity index (χ0v) is 20.2. The van der Waals surface area contributed by atoms with Gasteiger partial charge in [-0.15, -0.1) is 0 Å². The molecule has 186 valence electrons. The number of aryl methyl sites for hydroxylation is 1. The molecule has 0 radical (unpaired) electrons. The van der Waals surface area contributed by atoms with Crippen molar-refractivity contribution in [2.24, 2.45) is 0 Å². The fraction of sp³-hybridized carbons (Fsp3) is 0.520. The SMILES string of the molecule is Cc1cccc(N2CCN(Cc3cccn3CCN3CCOCC3)CC2)c1C.O=C(O)C(=O)O. The summed E-state index contributed by atoms with van der Waals surface area (Å²) in [5.74, 6) is -3.65. The Morgan fingerprint density at radius 3 is 2.18 bits per heavy atom. The van der Waals surface area contributed by atoms with Gasteiger partial charge >= 0.3 is 11.9 Å². The lowest BCUT2D eigenvalue weighted by Crippen LogP contribution is -2.46. The maximum atomic E-state index is 9.10. The third kappa shape index (κ3) is 7.31. The molecule has 0 spiro atoms. The van der Waals surface area contributed by atoms with E-state index in [0.29, 0.717) is 0 Å². The normalized spacial score (nSPS) is 17.2. The number of morpholine rings is 1. The van der Waals surface area contributed by atoms with Gasteiger partial charge in [-0.2, -0.15) is 0 Å². The van der Waals surface area contributed by atoms with Crippen LogP contribution in [-0.2, 0) is 27.4 Å². The molecule has 2 saturated heterocycles. The van der Waals surface area contributed by atoms with E-state index in [9.17, 15) is 0 Å². The van der Waals surface area contributed by atoms with Crippen LogP contribution in [0.2, 0.25) is 0 Å². The van der Waals surface area contributed by atoms with Crippen molar-refractivity contribution in [3.05, 3.63) is 53.3 Å². The molecule has 0 unspecified atom stereocenters. The first-order valence-electron chi connectivity index (χ1n) is 11.8. The van der Waals surface area contributed by atoms with E-state index in [4.69, 9.17) is 24.5 Å². The molecule has 2 N–H and O–H groups in total. The molecule has 2 aromatic rings. The summed E-state index contributed by atoms with van der Waals surface area (Å²) < 4.78 is 7.89. The number of anilines is 1. The van der Waals surface area contributed by atoms with Crippen molar-refractivity contribution >= 4 is 17.6 Å². The molecule has 0 atom stereocenters. The van der Waals surface area contributed by atoms with E-state index in [1.54, 1.807) is 0 Å². The van der Waals surface area contributed by atoms with Crippen LogP contribution in [-0.4, -0.2) is 95.5 Å². The topological polar surface area (TPSA) is 98.5 Å². The minimum Gasteiger partial charge on any atom is -0.473 e. The summed E-state index contributed by atoms with van der Waals surface area (Å²) >= 11 is 0. The highest BCUT2D eigenvalue weighted by molar-refractivity contribution is 6.27. The Labute approximate surface area is 201 Å². The number of benzene rings is 1. The molecule has 0 amide bonds. The summed E-state index contributed by atoms with van der Waals surface area (Å²) in [6, 6.07) is 11.2. The molecular formula is C25H36N4O5. The Morgan fingerprint density at radius 2 is 1.53 bits per heavy atom. The summed E-state index contributed by atoms with van der Waals surface area (Å²) in [4.78, 5) is 25.9. The molecule has 9 nitrogen and oxygen atoms in total. The van der Waals surface area contributed by atoms with Crippen LogP contribution in [0, 0.1) is 13.8 Å². The Balaban J connectivity index is 0.000000481. The van der Waals surface area contributed by atoms with Gasteiger partial charge < -0.3 is 24.4 Å². The van der Waals surface area contributed by atoms with Crippen molar-refractivity contribution < 1.29 is 24.5 Å². The highest BCUT2D eigenvalue weighted by atomic mass is 16.5. The zero-order chi connectivity index (χ0) is 24.5. The molecule has 9 heteroatoms. The molecule has 1 aromatic heterocycles. The number of rotatable bonds is 6. The van der Waals surface area contributed by atoms with Crippen molar-refractivity contribution in [3.8, 4) is 0 Å². The number of hydrogen-bond donors (Lipinski definition) is 2. The molecule has 0 aliphatic carbocycles. The van der Waals surface area contributed by atoms with Crippen molar-refractivity contribution in [1.82, 2.24) is 14.4 Å². The van der Waals surface area contributed by atoms with Gasteiger partial charge in [0.15, 0.2) is 0 Å². The van der Waals surface area contributed by atoms with Gasteiger partial charge in [0.1, 0.15) is 0 Å². The summed E-state index contributed by atoms with van der Waals surface area (Å²) in [6.45, 7) is 16.1. The first-order valence-corrected chi connectivity index (χ1v) is 11.8. The van der Waals surface area contributed by atoms with Gasteiger partial charge in [0.25, 0.3) is 0 Å². The zero-order valence-electron chi connectivity index (χ0n) is 20.2. The molecule has 4 rings (SSSR count). The van der Waals surface area contributed by atoms with Crippen LogP contribution in [0.1, 0.15) is 16.8 Å². The van der Waals surface area contributed by atoms with Gasteiger partial charge in [-0.05, 0) is 43.2 Å². The predicted octanol–water partition coefficient (Wildman–Crippen LogP) is 1.91. The Hall–Kier alpha value is -2.88. The predicted molar refractivity (Wildman–Crippen MR) is 130 cm³/mol. The lowest BCUT2D eigenvalue weighted by Gasteiger charge is -2.37. The van der Waals surface area contributed by atoms with Gasteiger partial charge in [-0.1, -0.05) is 12.1 Å². The number of piperazine rings is 1. The molecule has 34 heavy (non-hydrogen) atoms. The number of aliphatic carboxylic acids is 2. The van der Waals surface area contributed by atoms with E-state index < -0.39 is 11.9 Å². The average Bonchev–Trinajstić information content (AvgIpc) is 3.28. The fourth-order valence-electron chi connectivity index (χ4n) is 4.34. The first kappa shape index (κ1) is 25.7. The maximum Gasteiger partial charge on any atom is 0.414 e. The van der Waals surface area contributed by atoms with E-state index in [1.165, 1.54) is 22.5 Å². The van der Waals surface area contributed by atoms with Crippen molar-refractivity contribution in [2.45, 2.75) is 26.9 Å². The van der Waals surface area contributed by atoms with Crippen LogP contribution < -0.4 is 4.90 Å². The monoisotopic (exact) mass is 472 g/mol. The van der Waals surface area contributed by atoms with Gasteiger partial charge in [-0.3, -0.25) is 9.80 Å². The van der Waals surface area contributed by atoms with E-state index in [1.807, 2.05) is 0 Å². The van der Waals surface area contributed by atoms with Gasteiger partial charge in [0.05, 0.1) is 13.2 Å². The van der Waals surface area contributed by atoms with Crippen molar-refractivity contribution in [2.75, 3.05) is 63.9 Å². The average molecular weight is 473 g/mol. The lowest BCUT2D eigenvalue weighted by molar-refractivity contribution is -0.159. The van der Waals surface area contributed by atoms with Crippen LogP contribution in [0.15, 0.2) is 36.5 Å². The van der Waals surface area contributed by atoms with E-state index in [0.717, 1.165) is 72.1 Å². The minimum absolute atomic E-state index is 0.878. The van der Waals surface area contributed by atoms with Crippen LogP contribution in [0.25, 0.3) is 0 Å². The van der Waals surface area contributed by atoms with Gasteiger partial charge in [0.2, 0.25) is 0 Å². The molecule has 3 heterocycles. The van der Waals surface area contributed by atoms with Crippen LogP contribution >= 0.6 is 0 Å². The minimum atomic E-state index is -1.82. The first-order chi connectivity index (χ1) is 16.3. The number of nitrogens with zero attached hydrogens (tertiary/aromatic N) is 4. The Bertz CT molecular complexity index is 935. The Kier molecular flexibility index (Phi) is 9.50. The number of aromatic nitrogens is 1. The third-order valence-electron chi connectivity index (χ3n) is 6.54. The molecule has 1 aromatic carbocycles. The van der Waals surface area contributed by atoms with Gasteiger partial charge in [0, 0.05) is 76.5 Å². The number of carbonyl (C=O) groups is 2. The summed E-state index contributed by atoms with van der Waals surface area (Å²) in [6.07, 6.45) is 2.24. The standard InChI is InChI=1S/C23H34N4O.C2H2O4/c1-20-5-3-7-23(21(20)2)27-13-10-25(11-14-27)19-22-6-4-8-26(22)12-9-24-15-17-28-18-16-24;3-1(4)2(5)6/h3-8H,9-19H2,1-2H3;(H,3,4)(H,5,6). The molecule has 0 bridgehead atoms. The van der Waals surface area contributed by atoms with Crippen LogP contribution in [0.4, 0.5) is 5.69 Å². The summed E-state index contributed by atoms with van der Waals surface area (Å²) in [5, 5.41) is 14.8. The number of ether oxygens (including phenoxy) is 1. The van der Waals surface area contributed by atoms with E-state index in [2.05, 4.69) is 69.6 Å². The van der Waals surface area contributed by atoms with E-state index >= 15 is 0 Å². The van der Waals surface area contributed by atoms with Crippen LogP contribution in [0.3, 0.4) is 0 Å². The maximum absolute atomic E-state index is 9.10. The second-order valence-electron chi connectivity index (χ2n) is 8.74. The fourth-order valence-corrected chi connectivity index (χ4v) is 4.34. The molecule has 2 aliphatic rings. The number of hydrogen-bond acceptors (Lipinski definition) is 6. The molecule has 0 saturated carbocycles. The number of carboxylic acids is 2. The van der Waals surface area contributed by atoms with Crippen molar-refractivity contribution in [3.63, 3.8) is 0 Å². The van der Waals surface area contributed by atoms with Crippen molar-refractivity contribution in [1.29, 1.82) is 0 Å². The third-order valence-corrected chi connectivity index (χ3v) is 6.54. The Morgan fingerprint density at radius 1 is 0.853 bits per heavy atom. The van der Waals surface area contributed by atoms with Crippen LogP contribution in [0.5, 0.6) is 0 Å². The quantitative estimate of drug-likeness (QED) is 0.616. The highest BCUT2D eigenvalue weighted by Crippen LogP contribution is 2.24. The van der Waals surface area contributed by atoms with E-state index in [-0.39, 0.29) is 0 Å². The summed E-state index contributed by atoms with van der Waals surface area (Å²) in [7, 11) is 0. The summed E-state index contributed by atoms with van der Waals surface area (Å²) in [5.41, 5.74) is 5.66. The molecular weight excluding hydrogens is 436 g/mol. The molecule has 2 fully saturated rings. The molecule has 2 aliphatic heterocycles. The second kappa shape index (κ2) is 12.5. The highest BCUT2D eigenvalue weighted by Gasteiger charge is 2.20. The number of carboxylic acid groups (broad SMARTS) is 2. The second-order valence-corrected chi connectivity index (χ2v) is 8.74. The lowest BCUT2D eigenvalue weighted by atomic mass is 10.1. The van der Waals surface area contributed by atoms with Gasteiger partial charge in [-0.25, -0.2) is 9.59 Å². The smallest absolute Gasteiger partial charge is 0.414 e.